The van der Waals surface area contributed by atoms with E-state index in [9.17, 15) is 14.4 Å². The van der Waals surface area contributed by atoms with E-state index in [2.05, 4.69) is 5.10 Å². The zero-order valence-electron chi connectivity index (χ0n) is 21.8. The Balaban J connectivity index is 1.53. The fraction of sp³-hybridized carbons (Fsp3) is 0.310. The lowest BCUT2D eigenvalue weighted by molar-refractivity contribution is -0.158. The first kappa shape index (κ1) is 27.1. The highest BCUT2D eigenvalue weighted by Gasteiger charge is 2.31. The molecule has 0 bridgehead atoms. The first-order chi connectivity index (χ1) is 18.3. The van der Waals surface area contributed by atoms with Gasteiger partial charge in [-0.25, -0.2) is 14.3 Å². The molecule has 2 aromatic heterocycles. The number of carbonyl (C=O) groups excluding carboxylic acids is 1. The molecular formula is C29H31N3O5S. The number of thiophene rings is 1. The minimum atomic E-state index is -1.11. The van der Waals surface area contributed by atoms with Gasteiger partial charge in [0.2, 0.25) is 0 Å². The van der Waals surface area contributed by atoms with Gasteiger partial charge in [0, 0.05) is 6.54 Å². The summed E-state index contributed by atoms with van der Waals surface area (Å²) in [7, 11) is 0. The monoisotopic (exact) mass is 533 g/mol. The van der Waals surface area contributed by atoms with Gasteiger partial charge in [-0.15, -0.1) is 11.3 Å². The number of hydrogen-bond donors (Lipinski definition) is 0. The van der Waals surface area contributed by atoms with Gasteiger partial charge in [0.15, 0.2) is 11.3 Å². The topological polar surface area (TPSA) is 92.4 Å². The van der Waals surface area contributed by atoms with Gasteiger partial charge >= 0.3 is 11.7 Å². The van der Waals surface area contributed by atoms with Crippen LogP contribution in [0.3, 0.4) is 0 Å². The highest BCUT2D eigenvalue weighted by molar-refractivity contribution is 7.13. The van der Waals surface area contributed by atoms with Gasteiger partial charge in [-0.05, 0) is 68.3 Å². The van der Waals surface area contributed by atoms with E-state index in [0.717, 1.165) is 16.0 Å². The summed E-state index contributed by atoms with van der Waals surface area (Å²) in [5.41, 5.74) is 0.179. The second-order valence-electron chi connectivity index (χ2n) is 9.29. The molecule has 9 heteroatoms. The van der Waals surface area contributed by atoms with Crippen molar-refractivity contribution in [2.24, 2.45) is 0 Å². The van der Waals surface area contributed by atoms with Gasteiger partial charge < -0.3 is 9.47 Å². The number of benzene rings is 2. The van der Waals surface area contributed by atoms with Gasteiger partial charge in [-0.2, -0.15) is 5.10 Å². The summed E-state index contributed by atoms with van der Waals surface area (Å²) in [6, 6.07) is 20.6. The molecule has 4 aromatic rings. The summed E-state index contributed by atoms with van der Waals surface area (Å²) in [4.78, 5) is 39.4. The summed E-state index contributed by atoms with van der Waals surface area (Å²) in [6.07, 6.45) is 1.27. The predicted molar refractivity (Wildman–Crippen MR) is 148 cm³/mol. The Morgan fingerprint density at radius 2 is 1.76 bits per heavy atom. The van der Waals surface area contributed by atoms with Crippen LogP contribution in [0, 0.1) is 0 Å². The van der Waals surface area contributed by atoms with Crippen LogP contribution in [-0.2, 0) is 29.0 Å². The normalized spacial score (nSPS) is 11.3. The van der Waals surface area contributed by atoms with Crippen LogP contribution in [0.5, 0.6) is 5.75 Å². The van der Waals surface area contributed by atoms with Gasteiger partial charge in [0.05, 0.1) is 18.0 Å². The molecule has 0 atom stereocenters. The SMILES string of the molecule is CCOC(=O)C(C)(C)Oc1cccc(CCCn2nc(-c3cccs3)c(=O)n(Cc3ccccc3)c2=O)c1. The van der Waals surface area contributed by atoms with Crippen LogP contribution >= 0.6 is 11.3 Å². The second kappa shape index (κ2) is 12.0. The summed E-state index contributed by atoms with van der Waals surface area (Å²) in [6.45, 7) is 5.90. The highest BCUT2D eigenvalue weighted by atomic mass is 32.1. The molecule has 0 aliphatic carbocycles. The third-order valence-corrected chi connectivity index (χ3v) is 6.81. The third-order valence-electron chi connectivity index (χ3n) is 5.93. The van der Waals surface area contributed by atoms with E-state index < -0.39 is 22.8 Å². The number of hydrogen-bond acceptors (Lipinski definition) is 7. The van der Waals surface area contributed by atoms with E-state index in [-0.39, 0.29) is 18.8 Å². The van der Waals surface area contributed by atoms with E-state index in [1.54, 1.807) is 26.8 Å². The number of rotatable bonds is 11. The van der Waals surface area contributed by atoms with Crippen LogP contribution < -0.4 is 16.0 Å². The summed E-state index contributed by atoms with van der Waals surface area (Å²) < 4.78 is 13.6. The van der Waals surface area contributed by atoms with Crippen molar-refractivity contribution in [3.05, 3.63) is 104 Å². The van der Waals surface area contributed by atoms with Gasteiger partial charge in [-0.3, -0.25) is 9.36 Å². The Labute approximate surface area is 225 Å². The maximum Gasteiger partial charge on any atom is 0.349 e. The molecular weight excluding hydrogens is 502 g/mol. The van der Waals surface area contributed by atoms with Crippen LogP contribution in [0.1, 0.15) is 38.3 Å². The molecule has 8 nitrogen and oxygen atoms in total. The number of aryl methyl sites for hydroxylation is 2. The molecule has 38 heavy (non-hydrogen) atoms. The van der Waals surface area contributed by atoms with Crippen molar-refractivity contribution in [2.45, 2.75) is 52.3 Å². The molecule has 0 N–H and O–H groups in total. The fourth-order valence-corrected chi connectivity index (χ4v) is 4.72. The lowest BCUT2D eigenvalue weighted by atomic mass is 10.1. The van der Waals surface area contributed by atoms with Crippen molar-refractivity contribution in [1.29, 1.82) is 0 Å². The van der Waals surface area contributed by atoms with E-state index in [1.807, 2.05) is 66.0 Å². The second-order valence-corrected chi connectivity index (χ2v) is 10.2. The van der Waals surface area contributed by atoms with Crippen molar-refractivity contribution in [3.63, 3.8) is 0 Å². The van der Waals surface area contributed by atoms with Crippen LogP contribution in [0.4, 0.5) is 0 Å². The average Bonchev–Trinajstić information content (AvgIpc) is 3.43. The number of esters is 1. The van der Waals surface area contributed by atoms with Crippen molar-refractivity contribution in [3.8, 4) is 16.3 Å². The summed E-state index contributed by atoms with van der Waals surface area (Å²) in [5.74, 6) is 0.135. The molecule has 0 spiro atoms. The van der Waals surface area contributed by atoms with E-state index in [4.69, 9.17) is 9.47 Å². The fourth-order valence-electron chi connectivity index (χ4n) is 4.02. The summed E-state index contributed by atoms with van der Waals surface area (Å²) in [5, 5.41) is 6.34. The zero-order chi connectivity index (χ0) is 27.1. The Morgan fingerprint density at radius 3 is 2.47 bits per heavy atom. The minimum absolute atomic E-state index is 0.176. The van der Waals surface area contributed by atoms with Crippen molar-refractivity contribution in [2.75, 3.05) is 6.61 Å². The quantitative estimate of drug-likeness (QED) is 0.263. The molecule has 0 saturated carbocycles. The van der Waals surface area contributed by atoms with Crippen LogP contribution in [0.15, 0.2) is 81.7 Å². The number of nitrogens with zero attached hydrogens (tertiary/aromatic N) is 3. The van der Waals surface area contributed by atoms with Gasteiger partial charge in [0.1, 0.15) is 5.75 Å². The Kier molecular flexibility index (Phi) is 8.58. The molecule has 4 rings (SSSR count). The van der Waals surface area contributed by atoms with E-state index >= 15 is 0 Å². The van der Waals surface area contributed by atoms with Crippen LogP contribution in [-0.4, -0.2) is 32.5 Å². The molecule has 2 aromatic carbocycles. The molecule has 0 aliphatic heterocycles. The smallest absolute Gasteiger partial charge is 0.349 e. The molecule has 0 fully saturated rings. The number of aromatic nitrogens is 3. The first-order valence-corrected chi connectivity index (χ1v) is 13.4. The Morgan fingerprint density at radius 1 is 1.00 bits per heavy atom. The largest absolute Gasteiger partial charge is 0.476 e. The lowest BCUT2D eigenvalue weighted by Gasteiger charge is -2.24. The lowest BCUT2D eigenvalue weighted by Crippen LogP contribution is -2.42. The standard InChI is InChI=1S/C29H31N3O5S/c1-4-36-27(34)29(2,3)37-23-15-8-13-21(19-23)14-9-17-32-28(35)31(20-22-11-6-5-7-12-22)26(33)25(30-32)24-16-10-18-38-24/h5-8,10-13,15-16,18-19H,4,9,14,17,20H2,1-3H3. The molecule has 0 unspecified atom stereocenters. The maximum absolute atomic E-state index is 13.3. The first-order valence-electron chi connectivity index (χ1n) is 12.5. The van der Waals surface area contributed by atoms with Crippen LogP contribution in [0.25, 0.3) is 10.6 Å². The Hall–Kier alpha value is -3.98. The molecule has 0 amide bonds. The predicted octanol–water partition coefficient (Wildman–Crippen LogP) is 4.54. The summed E-state index contributed by atoms with van der Waals surface area (Å²) >= 11 is 1.41. The molecule has 0 radical (unpaired) electrons. The van der Waals surface area contributed by atoms with E-state index in [1.165, 1.54) is 20.6 Å². The Bertz CT molecular complexity index is 1490. The van der Waals surface area contributed by atoms with Crippen molar-refractivity contribution in [1.82, 2.24) is 14.3 Å². The van der Waals surface area contributed by atoms with Gasteiger partial charge in [0.25, 0.3) is 5.56 Å². The molecule has 198 valence electrons. The third kappa shape index (κ3) is 6.47. The van der Waals surface area contributed by atoms with Gasteiger partial charge in [-0.1, -0.05) is 48.5 Å². The average molecular weight is 534 g/mol. The minimum Gasteiger partial charge on any atom is -0.476 e. The van der Waals surface area contributed by atoms with E-state index in [0.29, 0.717) is 25.1 Å². The highest BCUT2D eigenvalue weighted by Crippen LogP contribution is 2.22. The molecule has 0 saturated heterocycles. The zero-order valence-corrected chi connectivity index (χ0v) is 22.6. The number of ether oxygens (including phenoxy) is 2. The molecule has 0 aliphatic rings. The maximum atomic E-state index is 13.3. The molecule has 2 heterocycles. The van der Waals surface area contributed by atoms with Crippen LogP contribution in [0.2, 0.25) is 0 Å². The number of carbonyl (C=O) groups is 1. The van der Waals surface area contributed by atoms with Crippen molar-refractivity contribution < 1.29 is 14.3 Å². The van der Waals surface area contributed by atoms with Crippen molar-refractivity contribution >= 4 is 17.3 Å².